The monoisotopic (exact) mass is 219 g/mol. The molecule has 2 rings (SSSR count). The maximum absolute atomic E-state index is 9.94. The number of phenolic OH excluding ortho intramolecular Hbond substituents is 1. The van der Waals surface area contributed by atoms with Gasteiger partial charge < -0.3 is 10.0 Å². The number of likely N-dealkylation sites (N-methyl/N-ethyl adjacent to an activating group) is 1. The van der Waals surface area contributed by atoms with Crippen LogP contribution in [0.1, 0.15) is 37.3 Å². The largest absolute Gasteiger partial charge is 0.508 e. The SMILES string of the molecule is CCN(CC)CC1CCc2cccc(O)c21. The van der Waals surface area contributed by atoms with E-state index in [0.29, 0.717) is 11.7 Å². The van der Waals surface area contributed by atoms with Gasteiger partial charge in [0.25, 0.3) is 0 Å². The topological polar surface area (TPSA) is 23.5 Å². The van der Waals surface area contributed by atoms with Gasteiger partial charge in [-0.05, 0) is 37.6 Å². The molecule has 1 aliphatic rings. The van der Waals surface area contributed by atoms with E-state index in [4.69, 9.17) is 0 Å². The Morgan fingerprint density at radius 3 is 2.75 bits per heavy atom. The summed E-state index contributed by atoms with van der Waals surface area (Å²) in [6, 6.07) is 5.92. The molecule has 88 valence electrons. The second-order valence-electron chi connectivity index (χ2n) is 4.57. The maximum atomic E-state index is 9.94. The van der Waals surface area contributed by atoms with Crippen molar-refractivity contribution in [1.82, 2.24) is 4.90 Å². The van der Waals surface area contributed by atoms with E-state index in [1.165, 1.54) is 17.5 Å². The van der Waals surface area contributed by atoms with Crippen LogP contribution >= 0.6 is 0 Å². The molecule has 1 atom stereocenters. The number of aryl methyl sites for hydroxylation is 1. The molecule has 0 fully saturated rings. The average molecular weight is 219 g/mol. The Labute approximate surface area is 97.9 Å². The number of hydrogen-bond acceptors (Lipinski definition) is 2. The summed E-state index contributed by atoms with van der Waals surface area (Å²) >= 11 is 0. The molecular formula is C14H21NO. The van der Waals surface area contributed by atoms with Gasteiger partial charge in [-0.15, -0.1) is 0 Å². The van der Waals surface area contributed by atoms with E-state index in [9.17, 15) is 5.11 Å². The molecule has 1 unspecified atom stereocenters. The summed E-state index contributed by atoms with van der Waals surface area (Å²) in [5.41, 5.74) is 2.55. The van der Waals surface area contributed by atoms with E-state index < -0.39 is 0 Å². The lowest BCUT2D eigenvalue weighted by molar-refractivity contribution is 0.280. The molecule has 2 heteroatoms. The van der Waals surface area contributed by atoms with E-state index in [1.54, 1.807) is 0 Å². The van der Waals surface area contributed by atoms with Crippen LogP contribution in [-0.4, -0.2) is 29.6 Å². The van der Waals surface area contributed by atoms with Gasteiger partial charge in [0.05, 0.1) is 0 Å². The first-order valence-corrected chi connectivity index (χ1v) is 6.29. The van der Waals surface area contributed by atoms with Crippen LogP contribution in [0, 0.1) is 0 Å². The fourth-order valence-corrected chi connectivity index (χ4v) is 2.74. The molecular weight excluding hydrogens is 198 g/mol. The zero-order valence-electron chi connectivity index (χ0n) is 10.2. The second kappa shape index (κ2) is 4.88. The van der Waals surface area contributed by atoms with Gasteiger partial charge in [0.1, 0.15) is 5.75 Å². The van der Waals surface area contributed by atoms with Crippen LogP contribution in [0.2, 0.25) is 0 Å². The van der Waals surface area contributed by atoms with Crippen molar-refractivity contribution in [2.45, 2.75) is 32.6 Å². The lowest BCUT2D eigenvalue weighted by atomic mass is 9.99. The third-order valence-corrected chi connectivity index (χ3v) is 3.72. The van der Waals surface area contributed by atoms with Gasteiger partial charge in [-0.1, -0.05) is 26.0 Å². The number of phenols is 1. The maximum Gasteiger partial charge on any atom is 0.119 e. The van der Waals surface area contributed by atoms with Crippen LogP contribution in [0.15, 0.2) is 18.2 Å². The molecule has 1 aromatic carbocycles. The van der Waals surface area contributed by atoms with Crippen LogP contribution in [0.5, 0.6) is 5.75 Å². The minimum Gasteiger partial charge on any atom is -0.508 e. The van der Waals surface area contributed by atoms with Crippen molar-refractivity contribution in [3.63, 3.8) is 0 Å². The first kappa shape index (κ1) is 11.5. The summed E-state index contributed by atoms with van der Waals surface area (Å²) in [6.45, 7) is 7.66. The number of fused-ring (bicyclic) bond motifs is 1. The summed E-state index contributed by atoms with van der Waals surface area (Å²) in [7, 11) is 0. The van der Waals surface area contributed by atoms with Crippen molar-refractivity contribution in [3.8, 4) is 5.75 Å². The average Bonchev–Trinajstić information content (AvgIpc) is 2.70. The number of rotatable bonds is 4. The van der Waals surface area contributed by atoms with Crippen LogP contribution in [-0.2, 0) is 6.42 Å². The van der Waals surface area contributed by atoms with E-state index in [2.05, 4.69) is 24.8 Å². The third-order valence-electron chi connectivity index (χ3n) is 3.72. The van der Waals surface area contributed by atoms with Gasteiger partial charge in [-0.2, -0.15) is 0 Å². The molecule has 1 N–H and O–H groups in total. The third kappa shape index (κ3) is 2.07. The highest BCUT2D eigenvalue weighted by Crippen LogP contribution is 2.39. The summed E-state index contributed by atoms with van der Waals surface area (Å²) in [5.74, 6) is 1.02. The molecule has 0 spiro atoms. The molecule has 2 nitrogen and oxygen atoms in total. The molecule has 0 heterocycles. The fraction of sp³-hybridized carbons (Fsp3) is 0.571. The molecule has 0 saturated heterocycles. The summed E-state index contributed by atoms with van der Waals surface area (Å²) < 4.78 is 0. The predicted molar refractivity (Wildman–Crippen MR) is 67.0 cm³/mol. The number of hydrogen-bond donors (Lipinski definition) is 1. The van der Waals surface area contributed by atoms with Crippen LogP contribution in [0.4, 0.5) is 0 Å². The van der Waals surface area contributed by atoms with Crippen molar-refractivity contribution in [2.75, 3.05) is 19.6 Å². The second-order valence-corrected chi connectivity index (χ2v) is 4.57. The highest BCUT2D eigenvalue weighted by Gasteiger charge is 2.26. The van der Waals surface area contributed by atoms with Crippen molar-refractivity contribution in [3.05, 3.63) is 29.3 Å². The Morgan fingerprint density at radius 1 is 1.31 bits per heavy atom. The van der Waals surface area contributed by atoms with E-state index in [1.807, 2.05) is 12.1 Å². The molecule has 1 aromatic rings. The minimum absolute atomic E-state index is 0.493. The minimum atomic E-state index is 0.493. The highest BCUT2D eigenvalue weighted by molar-refractivity contribution is 5.45. The zero-order chi connectivity index (χ0) is 11.5. The molecule has 0 aromatic heterocycles. The van der Waals surface area contributed by atoms with Crippen LogP contribution < -0.4 is 0 Å². The molecule has 16 heavy (non-hydrogen) atoms. The first-order chi connectivity index (χ1) is 7.76. The molecule has 0 saturated carbocycles. The Kier molecular flexibility index (Phi) is 3.49. The standard InChI is InChI=1S/C14H21NO/c1-3-15(4-2)10-12-9-8-11-6-5-7-13(16)14(11)12/h5-7,12,16H,3-4,8-10H2,1-2H3. The summed E-state index contributed by atoms with van der Waals surface area (Å²) in [4.78, 5) is 2.44. The number of benzene rings is 1. The van der Waals surface area contributed by atoms with Crippen molar-refractivity contribution in [2.24, 2.45) is 0 Å². The highest BCUT2D eigenvalue weighted by atomic mass is 16.3. The Balaban J connectivity index is 2.16. The zero-order valence-corrected chi connectivity index (χ0v) is 10.2. The van der Waals surface area contributed by atoms with E-state index in [-0.39, 0.29) is 0 Å². The summed E-state index contributed by atoms with van der Waals surface area (Å²) in [6.07, 6.45) is 2.30. The number of nitrogens with zero attached hydrogens (tertiary/aromatic N) is 1. The van der Waals surface area contributed by atoms with Gasteiger partial charge in [0, 0.05) is 18.0 Å². The Hall–Kier alpha value is -1.02. The quantitative estimate of drug-likeness (QED) is 0.841. The van der Waals surface area contributed by atoms with Crippen LogP contribution in [0.25, 0.3) is 0 Å². The van der Waals surface area contributed by atoms with Crippen molar-refractivity contribution < 1.29 is 5.11 Å². The van der Waals surface area contributed by atoms with Crippen molar-refractivity contribution >= 4 is 0 Å². The van der Waals surface area contributed by atoms with E-state index in [0.717, 1.165) is 26.1 Å². The normalized spacial score (nSPS) is 19.1. The predicted octanol–water partition coefficient (Wildman–Crippen LogP) is 2.76. The van der Waals surface area contributed by atoms with Gasteiger partial charge in [-0.3, -0.25) is 0 Å². The van der Waals surface area contributed by atoms with E-state index >= 15 is 0 Å². The lowest BCUT2D eigenvalue weighted by Gasteiger charge is -2.23. The first-order valence-electron chi connectivity index (χ1n) is 6.29. The lowest BCUT2D eigenvalue weighted by Crippen LogP contribution is -2.27. The molecule has 0 amide bonds. The van der Waals surface area contributed by atoms with Gasteiger partial charge >= 0.3 is 0 Å². The summed E-state index contributed by atoms with van der Waals surface area (Å²) in [5, 5.41) is 9.94. The van der Waals surface area contributed by atoms with Crippen LogP contribution in [0.3, 0.4) is 0 Å². The Bertz CT molecular complexity index is 358. The molecule has 1 aliphatic carbocycles. The Morgan fingerprint density at radius 2 is 2.06 bits per heavy atom. The smallest absolute Gasteiger partial charge is 0.119 e. The fourth-order valence-electron chi connectivity index (χ4n) is 2.74. The molecule has 0 aliphatic heterocycles. The van der Waals surface area contributed by atoms with Gasteiger partial charge in [0.15, 0.2) is 0 Å². The van der Waals surface area contributed by atoms with Crippen molar-refractivity contribution in [1.29, 1.82) is 0 Å². The van der Waals surface area contributed by atoms with Gasteiger partial charge in [-0.25, -0.2) is 0 Å². The molecule has 0 bridgehead atoms. The molecule has 0 radical (unpaired) electrons. The number of aromatic hydroxyl groups is 1. The van der Waals surface area contributed by atoms with Gasteiger partial charge in [0.2, 0.25) is 0 Å².